The van der Waals surface area contributed by atoms with Gasteiger partial charge in [0.15, 0.2) is 5.11 Å². The summed E-state index contributed by atoms with van der Waals surface area (Å²) in [6.45, 7) is 0.549. The van der Waals surface area contributed by atoms with Crippen molar-refractivity contribution in [3.63, 3.8) is 0 Å². The zero-order chi connectivity index (χ0) is 24.9. The van der Waals surface area contributed by atoms with Crippen LogP contribution < -0.4 is 19.7 Å². The van der Waals surface area contributed by atoms with Crippen LogP contribution in [0.15, 0.2) is 48.2 Å². The number of carbonyl (C=O) groups excluding carboxylic acids is 1. The molecule has 1 saturated heterocycles. The highest BCUT2D eigenvalue weighted by Gasteiger charge is 2.41. The van der Waals surface area contributed by atoms with Crippen LogP contribution in [0.2, 0.25) is 0 Å². The first-order chi connectivity index (χ1) is 16.2. The number of methoxy groups -OCH3 is 1. The van der Waals surface area contributed by atoms with Crippen LogP contribution in [0.3, 0.4) is 0 Å². The van der Waals surface area contributed by atoms with Crippen LogP contribution in [0.4, 0.5) is 23.2 Å². The van der Waals surface area contributed by atoms with Crippen LogP contribution in [0.1, 0.15) is 18.1 Å². The molecular formula is C23H22F4N2O4S. The molecule has 0 radical (unpaired) electrons. The maximum atomic E-state index is 13.1. The maximum absolute atomic E-state index is 13.1. The van der Waals surface area contributed by atoms with Crippen LogP contribution in [0, 0.1) is 0 Å². The van der Waals surface area contributed by atoms with E-state index in [2.05, 4.69) is 5.32 Å². The minimum Gasteiger partial charge on any atom is -0.496 e. The fraction of sp³-hybridized carbons (Fsp3) is 0.304. The van der Waals surface area contributed by atoms with E-state index in [0.717, 1.165) is 0 Å². The third kappa shape index (κ3) is 5.84. The van der Waals surface area contributed by atoms with E-state index in [0.29, 0.717) is 34.9 Å². The number of nitrogens with zero attached hydrogens (tertiary/aromatic N) is 1. The average Bonchev–Trinajstić information content (AvgIpc) is 3.07. The minimum absolute atomic E-state index is 0.187. The minimum atomic E-state index is -4.26. The molecule has 0 spiro atoms. The molecule has 1 aliphatic heterocycles. The average molecular weight is 498 g/mol. The molecule has 1 N–H and O–H groups in total. The van der Waals surface area contributed by atoms with Crippen molar-refractivity contribution in [3.8, 4) is 11.5 Å². The van der Waals surface area contributed by atoms with Crippen molar-refractivity contribution in [1.29, 1.82) is 0 Å². The van der Waals surface area contributed by atoms with Crippen molar-refractivity contribution in [2.24, 2.45) is 0 Å². The molecule has 1 amide bonds. The van der Waals surface area contributed by atoms with E-state index in [1.165, 1.54) is 18.1 Å². The van der Waals surface area contributed by atoms with E-state index in [4.69, 9.17) is 26.4 Å². The molecule has 0 bridgehead atoms. The van der Waals surface area contributed by atoms with E-state index < -0.39 is 19.0 Å². The summed E-state index contributed by atoms with van der Waals surface area (Å²) in [6, 6.07) is 11.6. The molecule has 2 aromatic carbocycles. The SMILES string of the molecule is CCOc1ccc(N2C(=O)/C(=C\c3ccc(OC)c(COCC(F)(F)C(F)F)c3)NC2=S)cc1. The first-order valence-electron chi connectivity index (χ1n) is 10.2. The summed E-state index contributed by atoms with van der Waals surface area (Å²) in [6.07, 6.45) is -2.30. The Morgan fingerprint density at radius 2 is 1.88 bits per heavy atom. The topological polar surface area (TPSA) is 60.0 Å². The van der Waals surface area contributed by atoms with Crippen molar-refractivity contribution >= 4 is 35.0 Å². The summed E-state index contributed by atoms with van der Waals surface area (Å²) >= 11 is 5.30. The predicted molar refractivity (Wildman–Crippen MR) is 122 cm³/mol. The maximum Gasteiger partial charge on any atom is 0.330 e. The van der Waals surface area contributed by atoms with Crippen molar-refractivity contribution in [1.82, 2.24) is 5.32 Å². The summed E-state index contributed by atoms with van der Waals surface area (Å²) in [4.78, 5) is 14.3. The fourth-order valence-corrected chi connectivity index (χ4v) is 3.45. The number of rotatable bonds is 10. The van der Waals surface area contributed by atoms with Gasteiger partial charge in [-0.1, -0.05) is 6.07 Å². The number of hydrogen-bond acceptors (Lipinski definition) is 5. The highest BCUT2D eigenvalue weighted by molar-refractivity contribution is 7.80. The van der Waals surface area contributed by atoms with Gasteiger partial charge in [-0.3, -0.25) is 9.69 Å². The Labute approximate surface area is 199 Å². The molecule has 2 aromatic rings. The zero-order valence-corrected chi connectivity index (χ0v) is 19.1. The molecule has 1 aliphatic rings. The number of thiocarbonyl (C=S) groups is 1. The molecule has 0 unspecified atom stereocenters. The van der Waals surface area contributed by atoms with Gasteiger partial charge in [-0.25, -0.2) is 8.78 Å². The Morgan fingerprint density at radius 3 is 2.50 bits per heavy atom. The number of ether oxygens (including phenoxy) is 3. The van der Waals surface area contributed by atoms with Crippen LogP contribution in [-0.4, -0.2) is 43.7 Å². The number of benzene rings is 2. The van der Waals surface area contributed by atoms with Gasteiger partial charge in [-0.2, -0.15) is 8.78 Å². The lowest BCUT2D eigenvalue weighted by atomic mass is 10.1. The Balaban J connectivity index is 1.77. The largest absolute Gasteiger partial charge is 0.496 e. The van der Waals surface area contributed by atoms with Gasteiger partial charge in [0.05, 0.1) is 26.0 Å². The monoisotopic (exact) mass is 498 g/mol. The predicted octanol–water partition coefficient (Wildman–Crippen LogP) is 4.77. The van der Waals surface area contributed by atoms with Gasteiger partial charge in [0.2, 0.25) is 0 Å². The molecule has 0 saturated carbocycles. The molecule has 0 atom stereocenters. The molecule has 1 fully saturated rings. The van der Waals surface area contributed by atoms with Crippen molar-refractivity contribution in [3.05, 3.63) is 59.3 Å². The third-order valence-corrected chi connectivity index (χ3v) is 5.06. The van der Waals surface area contributed by atoms with Gasteiger partial charge in [0.1, 0.15) is 23.8 Å². The number of hydrogen-bond donors (Lipinski definition) is 1. The van der Waals surface area contributed by atoms with Crippen LogP contribution in [0.25, 0.3) is 6.08 Å². The van der Waals surface area contributed by atoms with Crippen LogP contribution in [0.5, 0.6) is 11.5 Å². The van der Waals surface area contributed by atoms with E-state index in [-0.39, 0.29) is 23.3 Å². The van der Waals surface area contributed by atoms with E-state index in [1.54, 1.807) is 42.5 Å². The van der Waals surface area contributed by atoms with Gasteiger partial charge >= 0.3 is 12.3 Å². The number of anilines is 1. The fourth-order valence-electron chi connectivity index (χ4n) is 3.16. The summed E-state index contributed by atoms with van der Waals surface area (Å²) in [5.41, 5.74) is 1.61. The van der Waals surface area contributed by atoms with Gasteiger partial charge in [0, 0.05) is 5.56 Å². The highest BCUT2D eigenvalue weighted by Crippen LogP contribution is 2.28. The molecule has 3 rings (SSSR count). The van der Waals surface area contributed by atoms with Crippen LogP contribution >= 0.6 is 12.2 Å². The molecular weight excluding hydrogens is 476 g/mol. The number of nitrogens with one attached hydrogen (secondary N) is 1. The number of alkyl halides is 4. The Kier molecular flexibility index (Phi) is 8.11. The van der Waals surface area contributed by atoms with Crippen molar-refractivity contribution < 1.29 is 36.6 Å². The van der Waals surface area contributed by atoms with Gasteiger partial charge in [0.25, 0.3) is 5.91 Å². The number of carbonyl (C=O) groups is 1. The lowest BCUT2D eigenvalue weighted by Gasteiger charge is -2.16. The van der Waals surface area contributed by atoms with Gasteiger partial charge < -0.3 is 19.5 Å². The Bertz CT molecular complexity index is 1080. The molecule has 182 valence electrons. The number of amides is 1. The standard InChI is InChI=1S/C23H22F4N2O4S/c1-3-33-17-7-5-16(6-8-17)29-20(30)18(28-22(29)34)11-14-4-9-19(31-2)15(10-14)12-32-13-23(26,27)21(24)25/h4-11,21H,3,12-13H2,1-2H3,(H,28,34)/b18-11+. The molecule has 11 heteroatoms. The normalized spacial score (nSPS) is 15.3. The summed E-state index contributed by atoms with van der Waals surface area (Å²) in [7, 11) is 1.37. The first-order valence-corrected chi connectivity index (χ1v) is 10.6. The molecule has 0 aromatic heterocycles. The second-order valence-electron chi connectivity index (χ2n) is 7.18. The number of halogens is 4. The summed E-state index contributed by atoms with van der Waals surface area (Å²) in [5, 5.41) is 3.04. The van der Waals surface area contributed by atoms with E-state index in [9.17, 15) is 22.4 Å². The third-order valence-electron chi connectivity index (χ3n) is 4.77. The summed E-state index contributed by atoms with van der Waals surface area (Å²) < 4.78 is 66.3. The van der Waals surface area contributed by atoms with E-state index in [1.807, 2.05) is 6.92 Å². The zero-order valence-electron chi connectivity index (χ0n) is 18.3. The quantitative estimate of drug-likeness (QED) is 0.289. The van der Waals surface area contributed by atoms with E-state index >= 15 is 0 Å². The smallest absolute Gasteiger partial charge is 0.330 e. The summed E-state index contributed by atoms with van der Waals surface area (Å²) in [5.74, 6) is -3.67. The molecule has 1 heterocycles. The second kappa shape index (κ2) is 10.8. The lowest BCUT2D eigenvalue weighted by Crippen LogP contribution is -2.32. The van der Waals surface area contributed by atoms with Crippen molar-refractivity contribution in [2.75, 3.05) is 25.2 Å². The van der Waals surface area contributed by atoms with Gasteiger partial charge in [-0.05, 0) is 67.2 Å². The molecule has 6 nitrogen and oxygen atoms in total. The Hall–Kier alpha value is -3.18. The second-order valence-corrected chi connectivity index (χ2v) is 7.57. The lowest BCUT2D eigenvalue weighted by molar-refractivity contribution is -0.168. The molecule has 0 aliphatic carbocycles. The highest BCUT2D eigenvalue weighted by atomic mass is 32.1. The van der Waals surface area contributed by atoms with Crippen LogP contribution in [-0.2, 0) is 16.1 Å². The van der Waals surface area contributed by atoms with Crippen molar-refractivity contribution in [2.45, 2.75) is 25.9 Å². The first kappa shape index (κ1) is 25.4. The molecule has 34 heavy (non-hydrogen) atoms. The Morgan fingerprint density at radius 1 is 1.18 bits per heavy atom. The van der Waals surface area contributed by atoms with Gasteiger partial charge in [-0.15, -0.1) is 0 Å².